The van der Waals surface area contributed by atoms with E-state index in [4.69, 9.17) is 9.84 Å². The minimum absolute atomic E-state index is 0.0166. The van der Waals surface area contributed by atoms with Crippen LogP contribution in [0.15, 0.2) is 42.0 Å². The Balaban J connectivity index is 1.98. The molecule has 3 nitrogen and oxygen atoms in total. The topological polar surface area (TPSA) is 46.5 Å². The van der Waals surface area contributed by atoms with Crippen LogP contribution < -0.4 is 0 Å². The number of carboxylic acid groups (broad SMARTS) is 1. The third-order valence-corrected chi connectivity index (χ3v) is 7.53. The Morgan fingerprint density at radius 3 is 2.34 bits per heavy atom. The zero-order valence-corrected chi connectivity index (χ0v) is 19.0. The summed E-state index contributed by atoms with van der Waals surface area (Å²) in [6.45, 7) is 14.3. The highest BCUT2D eigenvalue weighted by atomic mass is 16.5. The van der Waals surface area contributed by atoms with Crippen molar-refractivity contribution in [2.45, 2.75) is 70.6 Å². The van der Waals surface area contributed by atoms with E-state index in [1.807, 2.05) is 13.0 Å². The van der Waals surface area contributed by atoms with Gasteiger partial charge < -0.3 is 9.84 Å². The van der Waals surface area contributed by atoms with Crippen molar-refractivity contribution in [1.29, 1.82) is 0 Å². The van der Waals surface area contributed by atoms with Crippen LogP contribution in [0.1, 0.15) is 71.1 Å². The molecule has 3 atom stereocenters. The molecule has 0 aliphatic heterocycles. The lowest BCUT2D eigenvalue weighted by Crippen LogP contribution is -2.34. The van der Waals surface area contributed by atoms with Crippen LogP contribution in [0, 0.1) is 11.8 Å². The van der Waals surface area contributed by atoms with E-state index in [0.29, 0.717) is 18.4 Å². The third-order valence-electron chi connectivity index (χ3n) is 7.53. The number of methoxy groups -OCH3 is 1. The summed E-state index contributed by atoms with van der Waals surface area (Å²) in [6, 6.07) is 7.13. The quantitative estimate of drug-likeness (QED) is 0.490. The molecule has 2 aliphatic carbocycles. The Kier molecular flexibility index (Phi) is 5.59. The highest BCUT2D eigenvalue weighted by Crippen LogP contribution is 2.61. The van der Waals surface area contributed by atoms with E-state index in [-0.39, 0.29) is 16.2 Å². The molecule has 0 amide bonds. The number of allylic oxidation sites excluding steroid dienone is 3. The van der Waals surface area contributed by atoms with Crippen molar-refractivity contribution in [2.24, 2.45) is 11.8 Å². The molecule has 1 N–H and O–H groups in total. The maximum atomic E-state index is 10.9. The molecular formula is C26H36O3. The molecule has 0 aromatic heterocycles. The van der Waals surface area contributed by atoms with E-state index in [9.17, 15) is 4.79 Å². The monoisotopic (exact) mass is 396 g/mol. The molecule has 1 aromatic carbocycles. The summed E-state index contributed by atoms with van der Waals surface area (Å²) in [5, 5.41) is 8.96. The average Bonchev–Trinajstić information content (AvgIpc) is 3.21. The molecule has 3 rings (SSSR count). The molecule has 3 heteroatoms. The van der Waals surface area contributed by atoms with E-state index in [2.05, 4.69) is 58.9 Å². The number of benzene rings is 1. The molecular weight excluding hydrogens is 360 g/mol. The minimum Gasteiger partial charge on any atom is -0.478 e. The standard InChI is InChI=1S/C26H36O3/c1-17(14-23(27)28)8-10-20-22(16-29-7)26(20,6)18-9-11-19-21(15-18)25(4,5)13-12-24(19,2)3/h8-11,14-15,20,22H,12-13,16H2,1-7H3,(H,27,28)/b10-8+,17-14+/t20-,22?,26-/m1/s1. The second kappa shape index (κ2) is 7.43. The fraction of sp³-hybridized carbons (Fsp3) is 0.577. The molecule has 0 saturated heterocycles. The SMILES string of the molecule is COCC1[C@@H](/C=C/C(C)=C/C(=O)O)[C@@]1(C)c1ccc2c(c1)C(C)(C)CCC2(C)C. The average molecular weight is 397 g/mol. The first-order chi connectivity index (χ1) is 13.4. The van der Waals surface area contributed by atoms with Gasteiger partial charge in [0.05, 0.1) is 6.61 Å². The molecule has 0 bridgehead atoms. The summed E-state index contributed by atoms with van der Waals surface area (Å²) in [5.41, 5.74) is 5.53. The van der Waals surface area contributed by atoms with E-state index in [1.165, 1.54) is 35.6 Å². The van der Waals surface area contributed by atoms with Gasteiger partial charge in [-0.25, -0.2) is 4.79 Å². The van der Waals surface area contributed by atoms with Gasteiger partial charge in [-0.05, 0) is 64.7 Å². The fourth-order valence-corrected chi connectivity index (χ4v) is 5.26. The maximum Gasteiger partial charge on any atom is 0.328 e. The summed E-state index contributed by atoms with van der Waals surface area (Å²) in [4.78, 5) is 10.9. The van der Waals surface area contributed by atoms with Crippen LogP contribution in [0.25, 0.3) is 0 Å². The Bertz CT molecular complexity index is 859. The number of rotatable bonds is 6. The van der Waals surface area contributed by atoms with Crippen molar-refractivity contribution in [3.63, 3.8) is 0 Å². The molecule has 1 unspecified atom stereocenters. The Morgan fingerprint density at radius 1 is 1.14 bits per heavy atom. The zero-order chi connectivity index (χ0) is 21.6. The summed E-state index contributed by atoms with van der Waals surface area (Å²) < 4.78 is 5.53. The van der Waals surface area contributed by atoms with Crippen LogP contribution in [0.5, 0.6) is 0 Å². The van der Waals surface area contributed by atoms with Gasteiger partial charge in [0.1, 0.15) is 0 Å². The predicted molar refractivity (Wildman–Crippen MR) is 118 cm³/mol. The van der Waals surface area contributed by atoms with Crippen LogP contribution >= 0.6 is 0 Å². The van der Waals surface area contributed by atoms with Gasteiger partial charge in [-0.15, -0.1) is 0 Å². The van der Waals surface area contributed by atoms with Gasteiger partial charge in [-0.2, -0.15) is 0 Å². The van der Waals surface area contributed by atoms with E-state index >= 15 is 0 Å². The number of carbonyl (C=O) groups is 1. The number of fused-ring (bicyclic) bond motifs is 1. The molecule has 1 saturated carbocycles. The first-order valence-corrected chi connectivity index (χ1v) is 10.7. The minimum atomic E-state index is -0.904. The molecule has 1 aromatic rings. The second-order valence-electron chi connectivity index (χ2n) is 10.5. The number of aliphatic carboxylic acids is 1. The number of carboxylic acids is 1. The third kappa shape index (κ3) is 3.94. The Morgan fingerprint density at radius 2 is 1.76 bits per heavy atom. The van der Waals surface area contributed by atoms with Gasteiger partial charge in [0.15, 0.2) is 0 Å². The normalized spacial score (nSPS) is 30.2. The number of hydrogen-bond donors (Lipinski definition) is 1. The van der Waals surface area contributed by atoms with Crippen LogP contribution in [-0.4, -0.2) is 24.8 Å². The predicted octanol–water partition coefficient (Wildman–Crippen LogP) is 5.77. The van der Waals surface area contributed by atoms with Crippen molar-refractivity contribution >= 4 is 5.97 Å². The Labute approximate surface area is 175 Å². The first-order valence-electron chi connectivity index (χ1n) is 10.7. The van der Waals surface area contributed by atoms with Gasteiger partial charge in [0, 0.05) is 18.6 Å². The number of hydrogen-bond acceptors (Lipinski definition) is 2. The summed E-state index contributed by atoms with van der Waals surface area (Å²) in [5.74, 6) is -0.157. The maximum absolute atomic E-state index is 10.9. The van der Waals surface area contributed by atoms with Gasteiger partial charge in [-0.3, -0.25) is 0 Å². The lowest BCUT2D eigenvalue weighted by Gasteiger charge is -2.42. The molecule has 2 aliphatic rings. The van der Waals surface area contributed by atoms with Crippen LogP contribution in [-0.2, 0) is 25.8 Å². The highest BCUT2D eigenvalue weighted by Gasteiger charge is 2.60. The fourth-order valence-electron chi connectivity index (χ4n) is 5.26. The van der Waals surface area contributed by atoms with Gasteiger partial charge in [-0.1, -0.05) is 65.0 Å². The largest absolute Gasteiger partial charge is 0.478 e. The van der Waals surface area contributed by atoms with Crippen LogP contribution in [0.4, 0.5) is 0 Å². The lowest BCUT2D eigenvalue weighted by atomic mass is 9.62. The van der Waals surface area contributed by atoms with Crippen molar-refractivity contribution in [3.05, 3.63) is 58.7 Å². The second-order valence-corrected chi connectivity index (χ2v) is 10.5. The van der Waals surface area contributed by atoms with Crippen molar-refractivity contribution in [3.8, 4) is 0 Å². The van der Waals surface area contributed by atoms with Gasteiger partial charge in [0.25, 0.3) is 0 Å². The molecule has 1 fully saturated rings. The molecule has 0 heterocycles. The first kappa shape index (κ1) is 21.8. The molecule has 0 radical (unpaired) electrons. The smallest absolute Gasteiger partial charge is 0.328 e. The van der Waals surface area contributed by atoms with Crippen LogP contribution in [0.2, 0.25) is 0 Å². The van der Waals surface area contributed by atoms with Crippen molar-refractivity contribution < 1.29 is 14.6 Å². The molecule has 0 spiro atoms. The number of ether oxygens (including phenoxy) is 1. The van der Waals surface area contributed by atoms with E-state index in [0.717, 1.165) is 5.57 Å². The van der Waals surface area contributed by atoms with Gasteiger partial charge >= 0.3 is 5.97 Å². The summed E-state index contributed by atoms with van der Waals surface area (Å²) in [7, 11) is 1.76. The zero-order valence-electron chi connectivity index (χ0n) is 19.0. The highest BCUT2D eigenvalue weighted by molar-refractivity contribution is 5.81. The van der Waals surface area contributed by atoms with Crippen molar-refractivity contribution in [1.82, 2.24) is 0 Å². The lowest BCUT2D eigenvalue weighted by molar-refractivity contribution is -0.131. The molecule has 29 heavy (non-hydrogen) atoms. The van der Waals surface area contributed by atoms with Crippen LogP contribution in [0.3, 0.4) is 0 Å². The molecule has 158 valence electrons. The summed E-state index contributed by atoms with van der Waals surface area (Å²) in [6.07, 6.45) is 7.80. The van der Waals surface area contributed by atoms with Gasteiger partial charge in [0.2, 0.25) is 0 Å². The van der Waals surface area contributed by atoms with E-state index < -0.39 is 5.97 Å². The Hall–Kier alpha value is -1.87. The summed E-state index contributed by atoms with van der Waals surface area (Å²) >= 11 is 0. The van der Waals surface area contributed by atoms with E-state index in [1.54, 1.807) is 7.11 Å². The van der Waals surface area contributed by atoms with Crippen molar-refractivity contribution in [2.75, 3.05) is 13.7 Å².